The van der Waals surface area contributed by atoms with Gasteiger partial charge in [0, 0.05) is 36.1 Å². The zero-order chi connectivity index (χ0) is 14.5. The number of H-pyrrole nitrogens is 1. The summed E-state index contributed by atoms with van der Waals surface area (Å²) in [5.41, 5.74) is 2.46. The molecule has 2 heterocycles. The van der Waals surface area contributed by atoms with Gasteiger partial charge in [0.05, 0.1) is 12.1 Å². The van der Waals surface area contributed by atoms with Crippen molar-refractivity contribution >= 4 is 32.9 Å². The Labute approximate surface area is 120 Å². The molecule has 0 bridgehead atoms. The van der Waals surface area contributed by atoms with Gasteiger partial charge in [-0.2, -0.15) is 12.7 Å². The van der Waals surface area contributed by atoms with Gasteiger partial charge in [-0.3, -0.25) is 0 Å². The topological polar surface area (TPSA) is 62.4 Å². The van der Waals surface area contributed by atoms with Gasteiger partial charge < -0.3 is 9.72 Å². The third kappa shape index (κ3) is 2.15. The molecule has 0 radical (unpaired) electrons. The summed E-state index contributed by atoms with van der Waals surface area (Å²) in [7, 11) is -3.17. The molecule has 1 aliphatic rings. The van der Waals surface area contributed by atoms with Gasteiger partial charge in [-0.15, -0.1) is 0 Å². The van der Waals surface area contributed by atoms with Crippen LogP contribution >= 0.6 is 11.6 Å². The van der Waals surface area contributed by atoms with Crippen molar-refractivity contribution in [3.05, 3.63) is 28.4 Å². The number of nitrogens with one attached hydrogen (secondary N) is 1. The molecule has 0 unspecified atom stereocenters. The van der Waals surface area contributed by atoms with Gasteiger partial charge in [-0.1, -0.05) is 15.5 Å². The zero-order valence-electron chi connectivity index (χ0n) is 10.6. The summed E-state index contributed by atoms with van der Waals surface area (Å²) in [5, 5.41) is 1.27. The molecule has 0 aliphatic carbocycles. The van der Waals surface area contributed by atoms with Crippen molar-refractivity contribution in [1.29, 1.82) is 0 Å². The first-order valence-corrected chi connectivity index (χ1v) is 7.68. The lowest BCUT2D eigenvalue weighted by Crippen LogP contribution is -2.33. The Morgan fingerprint density at radius 3 is 2.85 bits per heavy atom. The second kappa shape index (κ2) is 4.61. The van der Waals surface area contributed by atoms with Crippen molar-refractivity contribution in [2.45, 2.75) is 13.0 Å². The first-order valence-electron chi connectivity index (χ1n) is 5.97. The lowest BCUT2D eigenvalue weighted by atomic mass is 10.1. The number of halogens is 2. The molecule has 1 aromatic heterocycles. The fraction of sp³-hybridized carbons (Fsp3) is 0.333. The number of hydrogen-bond acceptors (Lipinski definition) is 3. The van der Waals surface area contributed by atoms with Crippen LogP contribution in [0.15, 0.2) is 12.1 Å². The zero-order valence-corrected chi connectivity index (χ0v) is 12.2. The predicted octanol–water partition coefficient (Wildman–Crippen LogP) is 2.40. The largest absolute Gasteiger partial charge is 0.495 e. The van der Waals surface area contributed by atoms with E-state index in [1.807, 2.05) is 0 Å². The average molecular weight is 319 g/mol. The number of hydrogen-bond donors (Lipinski definition) is 1. The van der Waals surface area contributed by atoms with Gasteiger partial charge in [0.15, 0.2) is 0 Å². The second-order valence-corrected chi connectivity index (χ2v) is 6.39. The Balaban J connectivity index is 2.15. The van der Waals surface area contributed by atoms with Crippen LogP contribution in [0, 0.1) is 0 Å². The second-order valence-electron chi connectivity index (χ2n) is 4.64. The SMILES string of the molecule is COc1cc2c3c([nH]c2cc1Cl)CCN(S(=O)(=O)F)C3. The van der Waals surface area contributed by atoms with Crippen LogP contribution in [-0.4, -0.2) is 31.4 Å². The van der Waals surface area contributed by atoms with Gasteiger partial charge in [0.2, 0.25) is 0 Å². The Morgan fingerprint density at radius 2 is 2.20 bits per heavy atom. The molecule has 8 heteroatoms. The molecular formula is C12H12ClFN2O3S. The van der Waals surface area contributed by atoms with Crippen molar-refractivity contribution in [3.8, 4) is 5.75 Å². The minimum absolute atomic E-state index is 0.0129. The van der Waals surface area contributed by atoms with E-state index in [1.165, 1.54) is 7.11 Å². The molecule has 0 spiro atoms. The van der Waals surface area contributed by atoms with Gasteiger partial charge in [-0.25, -0.2) is 0 Å². The van der Waals surface area contributed by atoms with Gasteiger partial charge >= 0.3 is 10.4 Å². The number of nitrogens with zero attached hydrogens (tertiary/aromatic N) is 1. The van der Waals surface area contributed by atoms with Crippen LogP contribution in [-0.2, 0) is 23.4 Å². The normalized spacial score (nSPS) is 16.4. The number of aromatic nitrogens is 1. The van der Waals surface area contributed by atoms with E-state index in [2.05, 4.69) is 4.98 Å². The third-order valence-electron chi connectivity index (χ3n) is 3.52. The maximum atomic E-state index is 13.1. The molecule has 5 nitrogen and oxygen atoms in total. The van der Waals surface area contributed by atoms with Crippen LogP contribution in [0.2, 0.25) is 5.02 Å². The van der Waals surface area contributed by atoms with Crippen LogP contribution in [0.25, 0.3) is 10.9 Å². The van der Waals surface area contributed by atoms with E-state index in [0.29, 0.717) is 17.2 Å². The molecule has 0 saturated heterocycles. The summed E-state index contributed by atoms with van der Waals surface area (Å²) in [6.45, 7) is 0.141. The van der Waals surface area contributed by atoms with E-state index < -0.39 is 10.4 Å². The molecule has 0 fully saturated rings. The molecule has 1 aromatic carbocycles. The highest BCUT2D eigenvalue weighted by atomic mass is 35.5. The smallest absolute Gasteiger partial charge is 0.375 e. The highest BCUT2D eigenvalue weighted by molar-refractivity contribution is 7.83. The standard InChI is InChI=1S/C12H12ClFN2O3S/c1-19-12-4-7-8-6-16(20(14,17)18)3-2-10(8)15-11(7)5-9(12)13/h4-5,15H,2-3,6H2,1H3. The van der Waals surface area contributed by atoms with Crippen molar-refractivity contribution in [2.24, 2.45) is 0 Å². The molecule has 1 N–H and O–H groups in total. The van der Waals surface area contributed by atoms with Gasteiger partial charge in [0.25, 0.3) is 0 Å². The van der Waals surface area contributed by atoms with Crippen molar-refractivity contribution < 1.29 is 17.0 Å². The van der Waals surface area contributed by atoms with Crippen LogP contribution in [0.3, 0.4) is 0 Å². The molecule has 0 atom stereocenters. The predicted molar refractivity (Wildman–Crippen MR) is 74.0 cm³/mol. The number of aromatic amines is 1. The van der Waals surface area contributed by atoms with Crippen LogP contribution < -0.4 is 4.74 Å². The van der Waals surface area contributed by atoms with Gasteiger partial charge in [0.1, 0.15) is 5.75 Å². The average Bonchev–Trinajstić information content (AvgIpc) is 2.72. The van der Waals surface area contributed by atoms with Crippen molar-refractivity contribution in [3.63, 3.8) is 0 Å². The maximum Gasteiger partial charge on any atom is 0.375 e. The number of fused-ring (bicyclic) bond motifs is 3. The first-order chi connectivity index (χ1) is 9.40. The monoisotopic (exact) mass is 318 g/mol. The van der Waals surface area contributed by atoms with Crippen LogP contribution in [0.4, 0.5) is 3.89 Å². The third-order valence-corrected chi connectivity index (χ3v) is 4.74. The fourth-order valence-corrected chi connectivity index (χ4v) is 3.37. The fourth-order valence-electron chi connectivity index (χ4n) is 2.54. The maximum absolute atomic E-state index is 13.1. The molecule has 0 saturated carbocycles. The van der Waals surface area contributed by atoms with E-state index in [4.69, 9.17) is 16.3 Å². The summed E-state index contributed by atoms with van der Waals surface area (Å²) in [6, 6.07) is 3.46. The first kappa shape index (κ1) is 13.7. The summed E-state index contributed by atoms with van der Waals surface area (Å²) < 4.78 is 41.2. The molecule has 2 aromatic rings. The molecule has 0 amide bonds. The van der Waals surface area contributed by atoms with E-state index in [1.54, 1.807) is 12.1 Å². The van der Waals surface area contributed by atoms with E-state index >= 15 is 0 Å². The quantitative estimate of drug-likeness (QED) is 0.865. The highest BCUT2D eigenvalue weighted by Gasteiger charge is 2.28. The molecular weight excluding hydrogens is 307 g/mol. The van der Waals surface area contributed by atoms with E-state index in [-0.39, 0.29) is 13.1 Å². The number of rotatable bonds is 2. The Bertz CT molecular complexity index is 788. The lowest BCUT2D eigenvalue weighted by molar-refractivity contribution is 0.366. The molecule has 1 aliphatic heterocycles. The highest BCUT2D eigenvalue weighted by Crippen LogP contribution is 2.35. The summed E-state index contributed by atoms with van der Waals surface area (Å²) in [4.78, 5) is 3.20. The van der Waals surface area contributed by atoms with E-state index in [0.717, 1.165) is 26.5 Å². The molecule has 108 valence electrons. The van der Waals surface area contributed by atoms with E-state index in [9.17, 15) is 12.3 Å². The number of methoxy groups -OCH3 is 1. The minimum Gasteiger partial charge on any atom is -0.495 e. The Hall–Kier alpha value is -1.31. The lowest BCUT2D eigenvalue weighted by Gasteiger charge is -2.22. The summed E-state index contributed by atoms with van der Waals surface area (Å²) in [6.07, 6.45) is 0.438. The number of benzene rings is 1. The van der Waals surface area contributed by atoms with Crippen molar-refractivity contribution in [2.75, 3.05) is 13.7 Å². The van der Waals surface area contributed by atoms with Crippen molar-refractivity contribution in [1.82, 2.24) is 9.29 Å². The molecule has 3 rings (SSSR count). The summed E-state index contributed by atoms with van der Waals surface area (Å²) >= 11 is 6.06. The van der Waals surface area contributed by atoms with Crippen LogP contribution in [0.5, 0.6) is 5.75 Å². The summed E-state index contributed by atoms with van der Waals surface area (Å²) in [5.74, 6) is 0.501. The molecule has 20 heavy (non-hydrogen) atoms. The van der Waals surface area contributed by atoms with Crippen LogP contribution in [0.1, 0.15) is 11.3 Å². The Morgan fingerprint density at radius 1 is 1.45 bits per heavy atom. The minimum atomic E-state index is -4.68. The van der Waals surface area contributed by atoms with Gasteiger partial charge in [-0.05, 0) is 17.7 Å². The Kier molecular flexibility index (Phi) is 3.15. The number of ether oxygens (including phenoxy) is 1.